The second kappa shape index (κ2) is 12.3. The normalized spacial score (nSPS) is 18.2. The van der Waals surface area contributed by atoms with E-state index in [1.807, 2.05) is 25.7 Å². The van der Waals surface area contributed by atoms with Crippen LogP contribution in [0.3, 0.4) is 0 Å². The second-order valence-electron chi connectivity index (χ2n) is 8.61. The molecule has 2 atom stereocenters. The molecule has 1 aromatic carbocycles. The molecule has 0 spiro atoms. The van der Waals surface area contributed by atoms with Gasteiger partial charge in [-0.25, -0.2) is 14.4 Å². The van der Waals surface area contributed by atoms with Crippen LogP contribution in [-0.2, 0) is 16.1 Å². The molecular formula is C23H31Cl3FN5O2. The Morgan fingerprint density at radius 1 is 1.24 bits per heavy atom. The van der Waals surface area contributed by atoms with Gasteiger partial charge in [0.2, 0.25) is 5.91 Å². The predicted octanol–water partition coefficient (Wildman–Crippen LogP) is 4.13. The fraction of sp³-hybridized carbons (Fsp3) is 0.522. The van der Waals surface area contributed by atoms with Gasteiger partial charge >= 0.3 is 0 Å². The third-order valence-corrected chi connectivity index (χ3v) is 6.39. The van der Waals surface area contributed by atoms with Gasteiger partial charge in [0.1, 0.15) is 18.0 Å². The van der Waals surface area contributed by atoms with Crippen LogP contribution in [0.4, 0.5) is 10.2 Å². The highest BCUT2D eigenvalue weighted by Gasteiger charge is 2.32. The van der Waals surface area contributed by atoms with Gasteiger partial charge in [-0.1, -0.05) is 31.5 Å². The molecule has 34 heavy (non-hydrogen) atoms. The Morgan fingerprint density at radius 2 is 1.94 bits per heavy atom. The van der Waals surface area contributed by atoms with Crippen molar-refractivity contribution < 1.29 is 13.9 Å². The second-order valence-corrected chi connectivity index (χ2v) is 9.02. The van der Waals surface area contributed by atoms with Crippen molar-refractivity contribution in [3.8, 4) is 0 Å². The van der Waals surface area contributed by atoms with Gasteiger partial charge < -0.3 is 19.9 Å². The molecule has 188 valence electrons. The first kappa shape index (κ1) is 28.5. The van der Waals surface area contributed by atoms with Crippen molar-refractivity contribution in [1.82, 2.24) is 20.2 Å². The standard InChI is InChI=1S/C23H29ClFN5O2.2ClH/c1-14(2)26-11-17(16-4-5-18(24)19(25)10-16)23(31)30-8-6-29(7-9-30)22-21-15(3)32-12-20(21)27-13-28-22;;/h4-5,10,13-15,17,26H,6-9,11-12H2,1-3H3;2*1H. The van der Waals surface area contributed by atoms with Crippen molar-refractivity contribution >= 4 is 48.1 Å². The Bertz CT molecular complexity index is 989. The minimum Gasteiger partial charge on any atom is -0.367 e. The zero-order valence-electron chi connectivity index (χ0n) is 19.5. The number of fused-ring (bicyclic) bond motifs is 1. The number of carbonyl (C=O) groups is 1. The Balaban J connectivity index is 0.00000204. The summed E-state index contributed by atoms with van der Waals surface area (Å²) in [5.41, 5.74) is 2.61. The summed E-state index contributed by atoms with van der Waals surface area (Å²) in [5, 5.41) is 3.38. The number of anilines is 1. The highest BCUT2D eigenvalue weighted by Crippen LogP contribution is 2.35. The average molecular weight is 535 g/mol. The first-order valence-electron chi connectivity index (χ1n) is 11.0. The van der Waals surface area contributed by atoms with Crippen LogP contribution >= 0.6 is 36.4 Å². The molecule has 2 unspecified atom stereocenters. The summed E-state index contributed by atoms with van der Waals surface area (Å²) in [5.74, 6) is -0.105. The average Bonchev–Trinajstić information content (AvgIpc) is 3.17. The third kappa shape index (κ3) is 6.10. The van der Waals surface area contributed by atoms with Gasteiger partial charge in [0, 0.05) is 44.3 Å². The fourth-order valence-electron chi connectivity index (χ4n) is 4.28. The molecule has 3 heterocycles. The zero-order chi connectivity index (χ0) is 22.8. The molecular weight excluding hydrogens is 504 g/mol. The number of piperazine rings is 1. The summed E-state index contributed by atoms with van der Waals surface area (Å²) >= 11 is 5.86. The fourth-order valence-corrected chi connectivity index (χ4v) is 4.40. The molecule has 7 nitrogen and oxygen atoms in total. The summed E-state index contributed by atoms with van der Waals surface area (Å²) in [6.45, 7) is 9.47. The smallest absolute Gasteiger partial charge is 0.231 e. The molecule has 1 aromatic heterocycles. The quantitative estimate of drug-likeness (QED) is 0.601. The number of nitrogens with zero attached hydrogens (tertiary/aromatic N) is 4. The van der Waals surface area contributed by atoms with Crippen LogP contribution in [0.15, 0.2) is 24.5 Å². The van der Waals surface area contributed by atoms with Crippen molar-refractivity contribution in [2.45, 2.75) is 45.4 Å². The maximum absolute atomic E-state index is 14.1. The zero-order valence-corrected chi connectivity index (χ0v) is 21.9. The Hall–Kier alpha value is -1.71. The Kier molecular flexibility index (Phi) is 10.3. The molecule has 1 saturated heterocycles. The summed E-state index contributed by atoms with van der Waals surface area (Å²) in [4.78, 5) is 26.4. The minimum atomic E-state index is -0.509. The molecule has 0 aliphatic carbocycles. The molecule has 2 aliphatic heterocycles. The number of amides is 1. The number of nitrogens with one attached hydrogen (secondary N) is 1. The van der Waals surface area contributed by atoms with Crippen LogP contribution < -0.4 is 10.2 Å². The van der Waals surface area contributed by atoms with E-state index in [9.17, 15) is 9.18 Å². The van der Waals surface area contributed by atoms with Gasteiger partial charge in [-0.15, -0.1) is 24.8 Å². The lowest BCUT2D eigenvalue weighted by Crippen LogP contribution is -2.51. The van der Waals surface area contributed by atoms with Crippen LogP contribution in [0.25, 0.3) is 0 Å². The molecule has 1 amide bonds. The number of hydrogen-bond acceptors (Lipinski definition) is 6. The minimum absolute atomic E-state index is 0. The van der Waals surface area contributed by atoms with E-state index < -0.39 is 11.7 Å². The van der Waals surface area contributed by atoms with Gasteiger partial charge in [0.15, 0.2) is 0 Å². The molecule has 2 aromatic rings. The van der Waals surface area contributed by atoms with E-state index in [-0.39, 0.29) is 47.9 Å². The van der Waals surface area contributed by atoms with Crippen LogP contribution in [0.5, 0.6) is 0 Å². The number of hydrogen-bond donors (Lipinski definition) is 1. The van der Waals surface area contributed by atoms with Crippen LogP contribution in [0.2, 0.25) is 5.02 Å². The number of benzene rings is 1. The topological polar surface area (TPSA) is 70.6 Å². The molecule has 1 N–H and O–H groups in total. The molecule has 11 heteroatoms. The van der Waals surface area contributed by atoms with Crippen LogP contribution in [0.1, 0.15) is 49.6 Å². The Labute approximate surface area is 217 Å². The number of rotatable bonds is 6. The molecule has 0 radical (unpaired) electrons. The van der Waals surface area contributed by atoms with Crippen LogP contribution in [0, 0.1) is 5.82 Å². The Morgan fingerprint density at radius 3 is 2.59 bits per heavy atom. The molecule has 0 saturated carbocycles. The van der Waals surface area contributed by atoms with Gasteiger partial charge in [0.05, 0.1) is 29.3 Å². The lowest BCUT2D eigenvalue weighted by atomic mass is 9.96. The molecule has 4 rings (SSSR count). The molecule has 0 bridgehead atoms. The van der Waals surface area contributed by atoms with Crippen molar-refractivity contribution in [3.05, 3.63) is 52.2 Å². The summed E-state index contributed by atoms with van der Waals surface area (Å²) in [7, 11) is 0. The van der Waals surface area contributed by atoms with Crippen molar-refractivity contribution in [3.63, 3.8) is 0 Å². The largest absolute Gasteiger partial charge is 0.367 e. The number of ether oxygens (including phenoxy) is 1. The first-order valence-corrected chi connectivity index (χ1v) is 11.4. The van der Waals surface area contributed by atoms with Crippen molar-refractivity contribution in [2.24, 2.45) is 0 Å². The van der Waals surface area contributed by atoms with Gasteiger partial charge in [-0.3, -0.25) is 4.79 Å². The highest BCUT2D eigenvalue weighted by molar-refractivity contribution is 6.30. The summed E-state index contributed by atoms with van der Waals surface area (Å²) in [6.07, 6.45) is 1.54. The van der Waals surface area contributed by atoms with Gasteiger partial charge in [-0.2, -0.15) is 0 Å². The number of aromatic nitrogens is 2. The van der Waals surface area contributed by atoms with E-state index in [0.29, 0.717) is 44.9 Å². The predicted molar refractivity (Wildman–Crippen MR) is 136 cm³/mol. The van der Waals surface area contributed by atoms with E-state index in [1.165, 1.54) is 12.1 Å². The van der Waals surface area contributed by atoms with E-state index in [1.54, 1.807) is 12.4 Å². The monoisotopic (exact) mass is 533 g/mol. The van der Waals surface area contributed by atoms with Crippen molar-refractivity contribution in [2.75, 3.05) is 37.6 Å². The van der Waals surface area contributed by atoms with E-state index in [0.717, 1.165) is 17.1 Å². The van der Waals surface area contributed by atoms with E-state index in [2.05, 4.69) is 20.2 Å². The summed E-state index contributed by atoms with van der Waals surface area (Å²) < 4.78 is 19.8. The molecule has 1 fully saturated rings. The maximum Gasteiger partial charge on any atom is 0.231 e. The summed E-state index contributed by atoms with van der Waals surface area (Å²) in [6, 6.07) is 4.83. The van der Waals surface area contributed by atoms with E-state index in [4.69, 9.17) is 16.3 Å². The van der Waals surface area contributed by atoms with Gasteiger partial charge in [0.25, 0.3) is 0 Å². The third-order valence-electron chi connectivity index (χ3n) is 6.09. The SMILES string of the molecule is CC(C)NCC(C(=O)N1CCN(c2ncnc3c2C(C)OC3)CC1)c1ccc(Cl)c(F)c1.Cl.Cl. The number of carbonyl (C=O) groups excluding carboxylic acids is 1. The highest BCUT2D eigenvalue weighted by atomic mass is 35.5. The molecule has 2 aliphatic rings. The number of halogens is 4. The van der Waals surface area contributed by atoms with Crippen LogP contribution in [-0.4, -0.2) is 59.5 Å². The van der Waals surface area contributed by atoms with Gasteiger partial charge in [-0.05, 0) is 24.6 Å². The lowest BCUT2D eigenvalue weighted by molar-refractivity contribution is -0.133. The van der Waals surface area contributed by atoms with Crippen molar-refractivity contribution in [1.29, 1.82) is 0 Å². The van der Waals surface area contributed by atoms with E-state index >= 15 is 0 Å². The first-order chi connectivity index (χ1) is 15.3. The lowest BCUT2D eigenvalue weighted by Gasteiger charge is -2.38. The maximum atomic E-state index is 14.1.